The van der Waals surface area contributed by atoms with Crippen LogP contribution in [0.2, 0.25) is 10.0 Å². The van der Waals surface area contributed by atoms with E-state index in [2.05, 4.69) is 5.32 Å². The second-order valence-corrected chi connectivity index (χ2v) is 5.96. The molecule has 2 rings (SSSR count). The lowest BCUT2D eigenvalue weighted by atomic mass is 10.1. The van der Waals surface area contributed by atoms with Crippen LogP contribution in [0.5, 0.6) is 0 Å². The quantitative estimate of drug-likeness (QED) is 0.784. The Kier molecular flexibility index (Phi) is 5.30. The molecule has 128 valence electrons. The highest BCUT2D eigenvalue weighted by Gasteiger charge is 2.31. The summed E-state index contributed by atoms with van der Waals surface area (Å²) in [6.45, 7) is 0. The van der Waals surface area contributed by atoms with E-state index in [1.54, 1.807) is 19.0 Å². The number of carbonyl (C=O) groups excluding carboxylic acids is 1. The molecule has 1 N–H and O–H groups in total. The minimum absolute atomic E-state index is 0.0240. The van der Waals surface area contributed by atoms with Gasteiger partial charge in [-0.2, -0.15) is 13.2 Å². The molecule has 0 aromatic heterocycles. The second-order valence-electron chi connectivity index (χ2n) is 5.18. The summed E-state index contributed by atoms with van der Waals surface area (Å²) in [6.07, 6.45) is -4.52. The zero-order valence-corrected chi connectivity index (χ0v) is 14.2. The summed E-state index contributed by atoms with van der Waals surface area (Å²) in [5.74, 6) is -0.648. The largest absolute Gasteiger partial charge is 0.416 e. The molecule has 0 unspecified atom stereocenters. The van der Waals surface area contributed by atoms with E-state index in [9.17, 15) is 18.0 Å². The summed E-state index contributed by atoms with van der Waals surface area (Å²) in [7, 11) is 3.31. The van der Waals surface area contributed by atoms with Gasteiger partial charge < -0.3 is 10.2 Å². The van der Waals surface area contributed by atoms with E-state index in [1.807, 2.05) is 0 Å². The van der Waals surface area contributed by atoms with Crippen molar-refractivity contribution in [3.8, 4) is 0 Å². The standard InChI is InChI=1S/C16H13Cl2F3N2O/c1-23(2)13-7-6-9(16(19,20)21)8-12(13)22-15(24)10-4-3-5-11(17)14(10)18/h3-8H,1-2H3,(H,22,24). The molecule has 24 heavy (non-hydrogen) atoms. The first-order valence-corrected chi connectivity index (χ1v) is 7.51. The van der Waals surface area contributed by atoms with Crippen LogP contribution < -0.4 is 10.2 Å². The van der Waals surface area contributed by atoms with Crippen LogP contribution >= 0.6 is 23.2 Å². The van der Waals surface area contributed by atoms with Gasteiger partial charge in [-0.15, -0.1) is 0 Å². The smallest absolute Gasteiger partial charge is 0.376 e. The Balaban J connectivity index is 2.43. The van der Waals surface area contributed by atoms with E-state index >= 15 is 0 Å². The van der Waals surface area contributed by atoms with Crippen molar-refractivity contribution < 1.29 is 18.0 Å². The summed E-state index contributed by atoms with van der Waals surface area (Å²) in [4.78, 5) is 14.0. The van der Waals surface area contributed by atoms with Crippen LogP contribution in [-0.4, -0.2) is 20.0 Å². The van der Waals surface area contributed by atoms with E-state index in [1.165, 1.54) is 24.3 Å². The first-order valence-electron chi connectivity index (χ1n) is 6.75. The highest BCUT2D eigenvalue weighted by Crippen LogP contribution is 2.35. The van der Waals surface area contributed by atoms with Crippen molar-refractivity contribution in [2.24, 2.45) is 0 Å². The van der Waals surface area contributed by atoms with E-state index in [0.29, 0.717) is 5.69 Å². The van der Waals surface area contributed by atoms with Gasteiger partial charge in [0.1, 0.15) is 0 Å². The number of anilines is 2. The lowest BCUT2D eigenvalue weighted by Gasteiger charge is -2.20. The number of halogens is 5. The monoisotopic (exact) mass is 376 g/mol. The lowest BCUT2D eigenvalue weighted by molar-refractivity contribution is -0.137. The maximum atomic E-state index is 12.9. The number of hydrogen-bond donors (Lipinski definition) is 1. The molecule has 8 heteroatoms. The van der Waals surface area contributed by atoms with Gasteiger partial charge in [-0.3, -0.25) is 4.79 Å². The SMILES string of the molecule is CN(C)c1ccc(C(F)(F)F)cc1NC(=O)c1cccc(Cl)c1Cl. The van der Waals surface area contributed by atoms with Gasteiger partial charge in [-0.05, 0) is 30.3 Å². The molecule has 0 atom stereocenters. The molecular formula is C16H13Cl2F3N2O. The van der Waals surface area contributed by atoms with Gasteiger partial charge in [0.2, 0.25) is 0 Å². The van der Waals surface area contributed by atoms with Gasteiger partial charge in [-0.1, -0.05) is 29.3 Å². The number of nitrogens with one attached hydrogen (secondary N) is 1. The van der Waals surface area contributed by atoms with Gasteiger partial charge >= 0.3 is 6.18 Å². The van der Waals surface area contributed by atoms with Crippen LogP contribution in [-0.2, 0) is 6.18 Å². The Morgan fingerprint density at radius 2 is 1.79 bits per heavy atom. The number of carbonyl (C=O) groups is 1. The van der Waals surface area contributed by atoms with Crippen LogP contribution in [0.3, 0.4) is 0 Å². The molecule has 0 radical (unpaired) electrons. The highest BCUT2D eigenvalue weighted by atomic mass is 35.5. The number of hydrogen-bond acceptors (Lipinski definition) is 2. The van der Waals surface area contributed by atoms with Gasteiger partial charge in [0.25, 0.3) is 5.91 Å². The molecule has 0 heterocycles. The first kappa shape index (κ1) is 18.4. The predicted molar refractivity (Wildman–Crippen MR) is 90.2 cm³/mol. The third-order valence-corrected chi connectivity index (χ3v) is 4.07. The summed E-state index contributed by atoms with van der Waals surface area (Å²) >= 11 is 11.8. The fraction of sp³-hybridized carbons (Fsp3) is 0.188. The lowest BCUT2D eigenvalue weighted by Crippen LogP contribution is -2.18. The zero-order valence-electron chi connectivity index (χ0n) is 12.7. The summed E-state index contributed by atoms with van der Waals surface area (Å²) in [5, 5.41) is 2.68. The Hall–Kier alpha value is -1.92. The van der Waals surface area contributed by atoms with Crippen molar-refractivity contribution in [2.75, 3.05) is 24.3 Å². The van der Waals surface area contributed by atoms with Crippen LogP contribution in [0.1, 0.15) is 15.9 Å². The molecule has 2 aromatic carbocycles. The molecule has 0 aliphatic heterocycles. The maximum absolute atomic E-state index is 12.9. The van der Waals surface area contributed by atoms with Crippen LogP contribution in [0.15, 0.2) is 36.4 Å². The van der Waals surface area contributed by atoms with Crippen molar-refractivity contribution >= 4 is 40.5 Å². The summed E-state index contributed by atoms with van der Waals surface area (Å²) in [5.41, 5.74) is -0.336. The molecule has 1 amide bonds. The molecule has 0 saturated carbocycles. The van der Waals surface area contributed by atoms with Gasteiger partial charge in [0.05, 0.1) is 32.5 Å². The van der Waals surface area contributed by atoms with Crippen molar-refractivity contribution in [1.82, 2.24) is 0 Å². The second kappa shape index (κ2) is 6.91. The fourth-order valence-corrected chi connectivity index (χ4v) is 2.46. The van der Waals surface area contributed by atoms with E-state index < -0.39 is 17.6 Å². The third-order valence-electron chi connectivity index (χ3n) is 3.25. The van der Waals surface area contributed by atoms with E-state index in [0.717, 1.165) is 12.1 Å². The number of benzene rings is 2. The fourth-order valence-electron chi connectivity index (χ4n) is 2.07. The number of rotatable bonds is 3. The molecule has 0 saturated heterocycles. The molecule has 0 spiro atoms. The molecular weight excluding hydrogens is 364 g/mol. The average molecular weight is 377 g/mol. The summed E-state index contributed by atoms with van der Waals surface area (Å²) < 4.78 is 38.7. The number of nitrogens with zero attached hydrogens (tertiary/aromatic N) is 1. The molecule has 0 bridgehead atoms. The van der Waals surface area contributed by atoms with Gasteiger partial charge in [0.15, 0.2) is 0 Å². The van der Waals surface area contributed by atoms with Crippen molar-refractivity contribution in [1.29, 1.82) is 0 Å². The molecule has 3 nitrogen and oxygen atoms in total. The molecule has 0 aliphatic carbocycles. The maximum Gasteiger partial charge on any atom is 0.416 e. The zero-order chi connectivity index (χ0) is 18.1. The van der Waals surface area contributed by atoms with Crippen LogP contribution in [0.4, 0.5) is 24.5 Å². The topological polar surface area (TPSA) is 32.3 Å². The Morgan fingerprint density at radius 3 is 2.38 bits per heavy atom. The minimum Gasteiger partial charge on any atom is -0.376 e. The van der Waals surface area contributed by atoms with Crippen molar-refractivity contribution in [3.05, 3.63) is 57.6 Å². The predicted octanol–water partition coefficient (Wildman–Crippen LogP) is 5.33. The average Bonchev–Trinajstić information content (AvgIpc) is 2.48. The van der Waals surface area contributed by atoms with E-state index in [-0.39, 0.29) is 21.3 Å². The van der Waals surface area contributed by atoms with Crippen LogP contribution in [0.25, 0.3) is 0 Å². The van der Waals surface area contributed by atoms with Gasteiger partial charge in [-0.25, -0.2) is 0 Å². The molecule has 0 aliphatic rings. The van der Waals surface area contributed by atoms with Crippen molar-refractivity contribution in [2.45, 2.75) is 6.18 Å². The van der Waals surface area contributed by atoms with E-state index in [4.69, 9.17) is 23.2 Å². The van der Waals surface area contributed by atoms with Crippen molar-refractivity contribution in [3.63, 3.8) is 0 Å². The first-order chi connectivity index (χ1) is 11.1. The minimum atomic E-state index is -4.52. The van der Waals surface area contributed by atoms with Crippen LogP contribution in [0, 0.1) is 0 Å². The highest BCUT2D eigenvalue weighted by molar-refractivity contribution is 6.44. The molecule has 2 aromatic rings. The normalized spacial score (nSPS) is 11.3. The van der Waals surface area contributed by atoms with Gasteiger partial charge in [0, 0.05) is 14.1 Å². The molecule has 0 fully saturated rings. The third kappa shape index (κ3) is 3.94. The Labute approximate surface area is 147 Å². The number of alkyl halides is 3. The summed E-state index contributed by atoms with van der Waals surface area (Å²) in [6, 6.07) is 7.60. The Morgan fingerprint density at radius 1 is 1.12 bits per heavy atom. The Bertz CT molecular complexity index is 776. The number of amides is 1.